The van der Waals surface area contributed by atoms with Gasteiger partial charge in [-0.15, -0.1) is 0 Å². The number of amides is 2. The maximum Gasteiger partial charge on any atom is 0.509 e. The summed E-state index contributed by atoms with van der Waals surface area (Å²) in [7, 11) is -2.49. The average molecular weight is 515 g/mol. The van der Waals surface area contributed by atoms with E-state index in [-0.39, 0.29) is 18.2 Å². The Kier molecular flexibility index (Phi) is 7.65. The number of fused-ring (bicyclic) bond motifs is 2. The summed E-state index contributed by atoms with van der Waals surface area (Å²) in [4.78, 5) is 32.1. The first-order valence-electron chi connectivity index (χ1n) is 11.0. The number of anilines is 1. The number of pyridine rings is 1. The molecule has 3 aromatic rings. The lowest BCUT2D eigenvalue weighted by atomic mass is 10.0. The average Bonchev–Trinajstić information content (AvgIpc) is 3.21. The zero-order valence-electron chi connectivity index (χ0n) is 19.7. The van der Waals surface area contributed by atoms with Crippen LogP contribution in [0.4, 0.5) is 5.82 Å². The lowest BCUT2D eigenvalue weighted by Gasteiger charge is -2.28. The Morgan fingerprint density at radius 1 is 1.28 bits per heavy atom. The van der Waals surface area contributed by atoms with Crippen LogP contribution in [0.5, 0.6) is 0 Å². The molecular weight excluding hydrogens is 489 g/mol. The molecule has 0 spiro atoms. The molecule has 1 aromatic carbocycles. The number of furan rings is 1. The molecule has 36 heavy (non-hydrogen) atoms. The van der Waals surface area contributed by atoms with Crippen LogP contribution in [0.2, 0.25) is 0 Å². The summed E-state index contributed by atoms with van der Waals surface area (Å²) >= 11 is 0. The number of nitrogens with two attached hydrogens (primary N) is 2. The highest BCUT2D eigenvalue weighted by molar-refractivity contribution is 7.48. The van der Waals surface area contributed by atoms with Crippen LogP contribution in [0.15, 0.2) is 47.0 Å². The van der Waals surface area contributed by atoms with E-state index in [0.29, 0.717) is 24.3 Å². The van der Waals surface area contributed by atoms with E-state index in [1.807, 2.05) is 37.3 Å². The number of aryl methyl sites for hydroxylation is 2. The number of para-hydroxylation sites is 1. The molecule has 1 aliphatic rings. The van der Waals surface area contributed by atoms with Crippen molar-refractivity contribution in [3.8, 4) is 0 Å². The molecule has 0 unspecified atom stereocenters. The topological polar surface area (TPSA) is 163 Å². The van der Waals surface area contributed by atoms with Gasteiger partial charge in [0.2, 0.25) is 11.8 Å². The van der Waals surface area contributed by atoms with Gasteiger partial charge in [0.15, 0.2) is 0 Å². The lowest BCUT2D eigenvalue weighted by Crippen LogP contribution is -2.37. The number of hydrogen-bond acceptors (Lipinski definition) is 10. The summed E-state index contributed by atoms with van der Waals surface area (Å²) in [5.41, 5.74) is 3.21. The third-order valence-corrected chi connectivity index (χ3v) is 6.80. The van der Waals surface area contributed by atoms with Crippen LogP contribution in [0.1, 0.15) is 28.9 Å². The summed E-state index contributed by atoms with van der Waals surface area (Å²) in [5.74, 6) is 10.3. The molecule has 1 aliphatic heterocycles. The lowest BCUT2D eigenvalue weighted by molar-refractivity contribution is -0.125. The molecule has 190 valence electrons. The molecule has 3 heterocycles. The number of phosphoric acid groups is 1. The Hall–Kier alpha value is -3.38. The van der Waals surface area contributed by atoms with E-state index in [0.717, 1.165) is 27.9 Å². The summed E-state index contributed by atoms with van der Waals surface area (Å²) in [6, 6.07) is 9.55. The SMILES string of the molecule is Cc1c(CN(C)C(=O)C=Cc2cnc3c(c2)CCC(=O)N3COP(=O)(ON)ON)oc2ccccc12. The zero-order valence-corrected chi connectivity index (χ0v) is 20.6. The molecule has 4 N–H and O–H groups in total. The molecule has 0 saturated heterocycles. The normalized spacial score (nSPS) is 14.0. The second-order valence-electron chi connectivity index (χ2n) is 8.16. The fourth-order valence-corrected chi connectivity index (χ4v) is 4.27. The molecular formula is C23H26N5O7P. The number of rotatable bonds is 9. The van der Waals surface area contributed by atoms with Crippen LogP contribution >= 0.6 is 7.82 Å². The summed E-state index contributed by atoms with van der Waals surface area (Å²) in [5, 5.41) is 1.02. The molecule has 2 aromatic heterocycles. The van der Waals surface area contributed by atoms with Gasteiger partial charge in [-0.1, -0.05) is 18.2 Å². The fraction of sp³-hybridized carbons (Fsp3) is 0.261. The highest BCUT2D eigenvalue weighted by atomic mass is 31.2. The van der Waals surface area contributed by atoms with Gasteiger partial charge in [-0.3, -0.25) is 19.0 Å². The minimum atomic E-state index is -4.19. The first kappa shape index (κ1) is 25.7. The summed E-state index contributed by atoms with van der Waals surface area (Å²) < 4.78 is 31.0. The van der Waals surface area contributed by atoms with Crippen LogP contribution in [0.25, 0.3) is 17.0 Å². The van der Waals surface area contributed by atoms with Gasteiger partial charge < -0.3 is 9.32 Å². The van der Waals surface area contributed by atoms with E-state index in [1.54, 1.807) is 18.0 Å². The predicted molar refractivity (Wildman–Crippen MR) is 131 cm³/mol. The van der Waals surface area contributed by atoms with Gasteiger partial charge >= 0.3 is 7.82 Å². The number of benzene rings is 1. The first-order valence-corrected chi connectivity index (χ1v) is 12.4. The monoisotopic (exact) mass is 515 g/mol. The first-order chi connectivity index (χ1) is 17.2. The van der Waals surface area contributed by atoms with E-state index in [2.05, 4.69) is 14.2 Å². The quantitative estimate of drug-likeness (QED) is 0.246. The molecule has 0 saturated carbocycles. The third-order valence-electron chi connectivity index (χ3n) is 5.85. The smallest absolute Gasteiger partial charge is 0.459 e. The Balaban J connectivity index is 1.44. The maximum absolute atomic E-state index is 12.7. The van der Waals surface area contributed by atoms with Crippen molar-refractivity contribution in [3.05, 3.63) is 65.1 Å². The van der Waals surface area contributed by atoms with Crippen molar-refractivity contribution in [1.82, 2.24) is 9.88 Å². The van der Waals surface area contributed by atoms with Gasteiger partial charge in [0.1, 0.15) is 23.9 Å². The molecule has 13 heteroatoms. The molecule has 4 rings (SSSR count). The second-order valence-corrected chi connectivity index (χ2v) is 9.74. The largest absolute Gasteiger partial charge is 0.509 e. The number of carbonyl (C=O) groups is 2. The van der Waals surface area contributed by atoms with Crippen molar-refractivity contribution in [2.45, 2.75) is 26.3 Å². The molecule has 2 amide bonds. The van der Waals surface area contributed by atoms with Crippen LogP contribution in [-0.4, -0.2) is 35.5 Å². The standard InChI is InChI=1S/C23H26N5O7P/c1-15-18-5-3-4-6-19(18)33-20(15)13-27(2)21(29)9-7-16-11-17-8-10-22(30)28(23(17)26-12-16)14-32-36(31,34-24)35-25/h3-7,9,11-12H,8,10,13-14,24-25H2,1-2H3. The minimum absolute atomic E-state index is 0.182. The van der Waals surface area contributed by atoms with E-state index in [4.69, 9.17) is 20.7 Å². The molecule has 0 fully saturated rings. The van der Waals surface area contributed by atoms with Crippen molar-refractivity contribution in [1.29, 1.82) is 0 Å². The molecule has 0 atom stereocenters. The summed E-state index contributed by atoms with van der Waals surface area (Å²) in [6.07, 6.45) is 5.23. The highest BCUT2D eigenvalue weighted by Gasteiger charge is 2.31. The van der Waals surface area contributed by atoms with Crippen LogP contribution in [-0.2, 0) is 40.9 Å². The van der Waals surface area contributed by atoms with Crippen LogP contribution in [0, 0.1) is 6.92 Å². The minimum Gasteiger partial charge on any atom is -0.459 e. The van der Waals surface area contributed by atoms with E-state index in [1.165, 1.54) is 17.2 Å². The van der Waals surface area contributed by atoms with Gasteiger partial charge in [0, 0.05) is 36.7 Å². The Morgan fingerprint density at radius 3 is 2.75 bits per heavy atom. The van der Waals surface area contributed by atoms with Gasteiger partial charge in [0.05, 0.1) is 6.54 Å². The molecule has 0 aliphatic carbocycles. The van der Waals surface area contributed by atoms with Crippen LogP contribution in [0.3, 0.4) is 0 Å². The van der Waals surface area contributed by atoms with E-state index >= 15 is 0 Å². The van der Waals surface area contributed by atoms with E-state index < -0.39 is 14.6 Å². The number of likely N-dealkylation sites (N-methyl/N-ethyl adjacent to an activating group) is 1. The zero-order chi connectivity index (χ0) is 25.9. The number of nitrogens with zero attached hydrogens (tertiary/aromatic N) is 3. The van der Waals surface area contributed by atoms with Gasteiger partial charge in [-0.05, 0) is 42.7 Å². The number of hydrogen-bond donors (Lipinski definition) is 2. The van der Waals surface area contributed by atoms with Crippen molar-refractivity contribution < 1.29 is 32.3 Å². The second kappa shape index (κ2) is 10.7. The molecule has 0 radical (unpaired) electrons. The predicted octanol–water partition coefficient (Wildman–Crippen LogP) is 2.95. The van der Waals surface area contributed by atoms with Crippen molar-refractivity contribution in [2.75, 3.05) is 18.7 Å². The van der Waals surface area contributed by atoms with Crippen molar-refractivity contribution in [2.24, 2.45) is 11.8 Å². The number of carbonyl (C=O) groups excluding carboxylic acids is 2. The van der Waals surface area contributed by atoms with Gasteiger partial charge in [-0.2, -0.15) is 9.25 Å². The van der Waals surface area contributed by atoms with E-state index in [9.17, 15) is 14.2 Å². The maximum atomic E-state index is 12.7. The Morgan fingerprint density at radius 2 is 2.03 bits per heavy atom. The Labute approximate surface area is 206 Å². The Bertz CT molecular complexity index is 1360. The molecule has 12 nitrogen and oxygen atoms in total. The van der Waals surface area contributed by atoms with Crippen LogP contribution < -0.4 is 16.7 Å². The summed E-state index contributed by atoms with van der Waals surface area (Å²) in [6.45, 7) is 1.81. The molecule has 0 bridgehead atoms. The third kappa shape index (κ3) is 5.39. The fourth-order valence-electron chi connectivity index (χ4n) is 3.85. The van der Waals surface area contributed by atoms with Crippen molar-refractivity contribution in [3.63, 3.8) is 0 Å². The van der Waals surface area contributed by atoms with Crippen molar-refractivity contribution >= 4 is 42.5 Å². The van der Waals surface area contributed by atoms with Gasteiger partial charge in [-0.25, -0.2) is 21.3 Å². The number of aromatic nitrogens is 1. The highest BCUT2D eigenvalue weighted by Crippen LogP contribution is 2.46. The van der Waals surface area contributed by atoms with Gasteiger partial charge in [0.25, 0.3) is 0 Å².